The Balaban J connectivity index is 2.46. The molecule has 0 aromatic heterocycles. The molecule has 0 aliphatic rings. The molecular weight excluding hydrogens is 340 g/mol. The van der Waals surface area contributed by atoms with E-state index in [-0.39, 0.29) is 12.1 Å². The molecule has 1 amide bonds. The lowest BCUT2D eigenvalue weighted by atomic mass is 10.2. The Kier molecular flexibility index (Phi) is 9.24. The molecular formula is C17H26N4O5. The first kappa shape index (κ1) is 21.5. The smallest absolute Gasteiger partial charge is 0.321 e. The van der Waals surface area contributed by atoms with E-state index in [1.807, 2.05) is 0 Å². The number of rotatable bonds is 12. The number of nitro groups is 1. The van der Waals surface area contributed by atoms with E-state index < -0.39 is 22.8 Å². The Morgan fingerprint density at radius 2 is 1.85 bits per heavy atom. The number of carbonyl (C=O) groups excluding carboxylic acids is 1. The molecule has 0 heterocycles. The second-order valence-electron chi connectivity index (χ2n) is 5.78. The van der Waals surface area contributed by atoms with Gasteiger partial charge in [-0.3, -0.25) is 19.7 Å². The summed E-state index contributed by atoms with van der Waals surface area (Å²) in [5.41, 5.74) is 0.299. The highest BCUT2D eigenvalue weighted by Gasteiger charge is 2.20. The normalized spacial score (nSPS) is 12.0. The van der Waals surface area contributed by atoms with Crippen LogP contribution >= 0.6 is 0 Å². The zero-order chi connectivity index (χ0) is 19.5. The van der Waals surface area contributed by atoms with Crippen LogP contribution in [0.1, 0.15) is 26.7 Å². The molecule has 0 aliphatic carbocycles. The first-order valence-electron chi connectivity index (χ1n) is 8.60. The Morgan fingerprint density at radius 3 is 2.35 bits per heavy atom. The Bertz CT molecular complexity index is 602. The number of non-ortho nitro benzene ring substituents is 1. The lowest BCUT2D eigenvalue weighted by Gasteiger charge is -2.19. The predicted octanol–water partition coefficient (Wildman–Crippen LogP) is 1.70. The number of hydrogen-bond acceptors (Lipinski definition) is 6. The number of carbonyl (C=O) groups is 2. The van der Waals surface area contributed by atoms with E-state index in [4.69, 9.17) is 0 Å². The Labute approximate surface area is 152 Å². The number of anilines is 1. The molecule has 9 nitrogen and oxygen atoms in total. The molecule has 1 atom stereocenters. The topological polar surface area (TPSA) is 125 Å². The first-order chi connectivity index (χ1) is 12.4. The van der Waals surface area contributed by atoms with Crippen molar-refractivity contribution >= 4 is 23.3 Å². The van der Waals surface area contributed by atoms with Gasteiger partial charge in [-0.15, -0.1) is 0 Å². The minimum Gasteiger partial charge on any atom is -0.480 e. The molecule has 0 saturated heterocycles. The summed E-state index contributed by atoms with van der Waals surface area (Å²) in [4.78, 5) is 35.6. The number of amides is 1. The zero-order valence-electron chi connectivity index (χ0n) is 15.1. The Hall–Kier alpha value is -2.52. The van der Waals surface area contributed by atoms with E-state index in [9.17, 15) is 24.8 Å². The van der Waals surface area contributed by atoms with Crippen LogP contribution < -0.4 is 10.6 Å². The van der Waals surface area contributed by atoms with Crippen molar-refractivity contribution in [2.24, 2.45) is 0 Å². The highest BCUT2D eigenvalue weighted by Crippen LogP contribution is 2.15. The fourth-order valence-corrected chi connectivity index (χ4v) is 2.43. The van der Waals surface area contributed by atoms with Crippen LogP contribution in [0.5, 0.6) is 0 Å². The molecule has 3 N–H and O–H groups in total. The van der Waals surface area contributed by atoms with Gasteiger partial charge in [-0.1, -0.05) is 13.8 Å². The van der Waals surface area contributed by atoms with Crippen molar-refractivity contribution < 1.29 is 19.6 Å². The number of benzene rings is 1. The van der Waals surface area contributed by atoms with E-state index >= 15 is 0 Å². The van der Waals surface area contributed by atoms with Crippen molar-refractivity contribution in [3.8, 4) is 0 Å². The second-order valence-corrected chi connectivity index (χ2v) is 5.78. The third-order valence-electron chi connectivity index (χ3n) is 3.99. The number of nitrogens with zero attached hydrogens (tertiary/aromatic N) is 2. The molecule has 144 valence electrons. The van der Waals surface area contributed by atoms with E-state index in [1.54, 1.807) is 0 Å². The van der Waals surface area contributed by atoms with Crippen molar-refractivity contribution in [3.63, 3.8) is 0 Å². The third-order valence-corrected chi connectivity index (χ3v) is 3.99. The van der Waals surface area contributed by atoms with Gasteiger partial charge in [-0.05, 0) is 44.7 Å². The number of aliphatic carboxylic acids is 1. The molecule has 0 spiro atoms. The maximum atomic E-state index is 12.0. The number of carboxylic acids is 1. The highest BCUT2D eigenvalue weighted by atomic mass is 16.6. The van der Waals surface area contributed by atoms with Crippen molar-refractivity contribution in [3.05, 3.63) is 34.4 Å². The van der Waals surface area contributed by atoms with Crippen LogP contribution in [0.2, 0.25) is 0 Å². The van der Waals surface area contributed by atoms with Crippen LogP contribution in [0.4, 0.5) is 11.4 Å². The summed E-state index contributed by atoms with van der Waals surface area (Å²) >= 11 is 0. The molecule has 1 rings (SSSR count). The van der Waals surface area contributed by atoms with Gasteiger partial charge < -0.3 is 20.6 Å². The highest BCUT2D eigenvalue weighted by molar-refractivity contribution is 5.94. The van der Waals surface area contributed by atoms with Gasteiger partial charge >= 0.3 is 5.97 Å². The van der Waals surface area contributed by atoms with E-state index in [2.05, 4.69) is 29.4 Å². The van der Waals surface area contributed by atoms with Gasteiger partial charge in [-0.2, -0.15) is 0 Å². The van der Waals surface area contributed by atoms with Crippen LogP contribution in [0.3, 0.4) is 0 Å². The average Bonchev–Trinajstić information content (AvgIpc) is 2.61. The monoisotopic (exact) mass is 366 g/mol. The van der Waals surface area contributed by atoms with E-state index in [0.29, 0.717) is 12.2 Å². The summed E-state index contributed by atoms with van der Waals surface area (Å²) in [7, 11) is 0. The minimum absolute atomic E-state index is 0.0821. The predicted molar refractivity (Wildman–Crippen MR) is 98.2 cm³/mol. The lowest BCUT2D eigenvalue weighted by molar-refractivity contribution is -0.384. The zero-order valence-corrected chi connectivity index (χ0v) is 15.1. The summed E-state index contributed by atoms with van der Waals surface area (Å²) in [6, 6.07) is 4.38. The molecule has 9 heteroatoms. The maximum Gasteiger partial charge on any atom is 0.321 e. The molecule has 0 aliphatic heterocycles. The van der Waals surface area contributed by atoms with Crippen LogP contribution in [0.25, 0.3) is 0 Å². The third kappa shape index (κ3) is 7.58. The van der Waals surface area contributed by atoms with Gasteiger partial charge in [0.1, 0.15) is 6.04 Å². The SMILES string of the molecule is CCN(CC)CCCNC(CC(=O)Nc1ccc([N+](=O)[O-])cc1)C(=O)O. The molecule has 0 radical (unpaired) electrons. The van der Waals surface area contributed by atoms with Crippen LogP contribution in [-0.2, 0) is 9.59 Å². The molecule has 0 bridgehead atoms. The van der Waals surface area contributed by atoms with Gasteiger partial charge in [-0.25, -0.2) is 0 Å². The van der Waals surface area contributed by atoms with Gasteiger partial charge in [0.15, 0.2) is 0 Å². The quantitative estimate of drug-likeness (QED) is 0.292. The van der Waals surface area contributed by atoms with Gasteiger partial charge in [0.25, 0.3) is 5.69 Å². The molecule has 1 aromatic carbocycles. The van der Waals surface area contributed by atoms with Crippen molar-refractivity contribution in [1.82, 2.24) is 10.2 Å². The summed E-state index contributed by atoms with van der Waals surface area (Å²) in [5.74, 6) is -1.56. The van der Waals surface area contributed by atoms with E-state index in [1.165, 1.54) is 24.3 Å². The number of carboxylic acid groups (broad SMARTS) is 1. The summed E-state index contributed by atoms with van der Waals surface area (Å²) in [6.45, 7) is 7.38. The maximum absolute atomic E-state index is 12.0. The molecule has 0 saturated carbocycles. The summed E-state index contributed by atoms with van der Waals surface area (Å²) in [6.07, 6.45) is 0.563. The van der Waals surface area contributed by atoms with Crippen LogP contribution in [0.15, 0.2) is 24.3 Å². The molecule has 0 fully saturated rings. The summed E-state index contributed by atoms with van der Waals surface area (Å²) in [5, 5.41) is 25.3. The van der Waals surface area contributed by atoms with Crippen LogP contribution in [-0.4, -0.2) is 59.0 Å². The Morgan fingerprint density at radius 1 is 1.23 bits per heavy atom. The van der Waals surface area contributed by atoms with Gasteiger partial charge in [0, 0.05) is 17.8 Å². The van der Waals surface area contributed by atoms with Crippen molar-refractivity contribution in [1.29, 1.82) is 0 Å². The average molecular weight is 366 g/mol. The molecule has 1 aromatic rings. The summed E-state index contributed by atoms with van der Waals surface area (Å²) < 4.78 is 0. The molecule has 1 unspecified atom stereocenters. The number of nitro benzene ring substituents is 1. The van der Waals surface area contributed by atoms with Gasteiger partial charge in [0.2, 0.25) is 5.91 Å². The minimum atomic E-state index is -1.09. The van der Waals surface area contributed by atoms with Crippen molar-refractivity contribution in [2.75, 3.05) is 31.5 Å². The second kappa shape index (κ2) is 11.2. The fourth-order valence-electron chi connectivity index (χ4n) is 2.43. The molecule has 26 heavy (non-hydrogen) atoms. The van der Waals surface area contributed by atoms with Crippen molar-refractivity contribution in [2.45, 2.75) is 32.7 Å². The largest absolute Gasteiger partial charge is 0.480 e. The lowest BCUT2D eigenvalue weighted by Crippen LogP contribution is -2.41. The van der Waals surface area contributed by atoms with Gasteiger partial charge in [0.05, 0.1) is 11.3 Å². The standard InChI is InChI=1S/C17H26N4O5/c1-3-20(4-2)11-5-10-18-15(17(23)24)12-16(22)19-13-6-8-14(9-7-13)21(25)26/h6-9,15,18H,3-5,10-12H2,1-2H3,(H,19,22)(H,23,24). The fraction of sp³-hybridized carbons (Fsp3) is 0.529. The number of hydrogen-bond donors (Lipinski definition) is 3. The van der Waals surface area contributed by atoms with Crippen LogP contribution in [0, 0.1) is 10.1 Å². The van der Waals surface area contributed by atoms with E-state index in [0.717, 1.165) is 26.1 Å². The number of nitrogens with one attached hydrogen (secondary N) is 2. The first-order valence-corrected chi connectivity index (χ1v) is 8.60.